The first-order chi connectivity index (χ1) is 9.72. The molecule has 2 aromatic carbocycles. The van der Waals surface area contributed by atoms with Crippen LogP contribution in [0.1, 0.15) is 5.56 Å². The maximum absolute atomic E-state index is 9.15. The summed E-state index contributed by atoms with van der Waals surface area (Å²) < 4.78 is 5.62. The lowest BCUT2D eigenvalue weighted by Crippen LogP contribution is -2.29. The number of rotatable bonds is 4. The van der Waals surface area contributed by atoms with Crippen LogP contribution in [-0.4, -0.2) is 22.2 Å². The van der Waals surface area contributed by atoms with E-state index < -0.39 is 7.12 Å². The number of hydrogen-bond donors (Lipinski definition) is 2. The van der Waals surface area contributed by atoms with Gasteiger partial charge in [0.25, 0.3) is 5.22 Å². The van der Waals surface area contributed by atoms with Crippen molar-refractivity contribution in [3.63, 3.8) is 0 Å². The Kier molecular flexibility index (Phi) is 3.78. The zero-order chi connectivity index (χ0) is 13.9. The highest BCUT2D eigenvalue weighted by molar-refractivity contribution is 7.98. The second-order valence-corrected chi connectivity index (χ2v) is 5.28. The average molecular weight is 285 g/mol. The van der Waals surface area contributed by atoms with Crippen molar-refractivity contribution in [1.82, 2.24) is 4.98 Å². The van der Waals surface area contributed by atoms with Crippen LogP contribution in [0.15, 0.2) is 58.2 Å². The Morgan fingerprint density at radius 2 is 1.95 bits per heavy atom. The number of aromatic nitrogens is 1. The predicted octanol–water partition coefficient (Wildman–Crippen LogP) is 1.80. The van der Waals surface area contributed by atoms with Crippen LogP contribution >= 0.6 is 11.8 Å². The van der Waals surface area contributed by atoms with E-state index in [2.05, 4.69) is 4.98 Å². The second-order valence-electron chi connectivity index (χ2n) is 4.35. The van der Waals surface area contributed by atoms with Crippen molar-refractivity contribution in [2.24, 2.45) is 0 Å². The zero-order valence-corrected chi connectivity index (χ0v) is 11.4. The van der Waals surface area contributed by atoms with Gasteiger partial charge >= 0.3 is 7.12 Å². The molecule has 3 aromatic rings. The van der Waals surface area contributed by atoms with Crippen molar-refractivity contribution in [2.75, 3.05) is 0 Å². The second kappa shape index (κ2) is 5.70. The molecule has 0 amide bonds. The molecule has 0 saturated carbocycles. The van der Waals surface area contributed by atoms with Crippen molar-refractivity contribution >= 4 is 35.4 Å². The topological polar surface area (TPSA) is 66.5 Å². The van der Waals surface area contributed by atoms with Gasteiger partial charge in [-0.25, -0.2) is 4.98 Å². The first-order valence-corrected chi connectivity index (χ1v) is 7.14. The Bertz CT molecular complexity index is 696. The van der Waals surface area contributed by atoms with Crippen LogP contribution in [0.4, 0.5) is 0 Å². The molecule has 0 aliphatic heterocycles. The average Bonchev–Trinajstić information content (AvgIpc) is 2.88. The highest BCUT2D eigenvalue weighted by atomic mass is 32.2. The van der Waals surface area contributed by atoms with E-state index in [0.717, 1.165) is 16.7 Å². The summed E-state index contributed by atoms with van der Waals surface area (Å²) in [6.07, 6.45) is 0. The SMILES string of the molecule is OB(O)c1cccc(CSc2nc3ccccc3o2)c1. The third kappa shape index (κ3) is 2.87. The largest absolute Gasteiger partial charge is 0.488 e. The minimum Gasteiger partial charge on any atom is -0.431 e. The van der Waals surface area contributed by atoms with Gasteiger partial charge in [-0.05, 0) is 23.2 Å². The first kappa shape index (κ1) is 13.2. The van der Waals surface area contributed by atoms with Gasteiger partial charge in [0.1, 0.15) is 5.52 Å². The first-order valence-electron chi connectivity index (χ1n) is 6.16. The van der Waals surface area contributed by atoms with Gasteiger partial charge in [0.05, 0.1) is 0 Å². The van der Waals surface area contributed by atoms with Crippen molar-refractivity contribution in [2.45, 2.75) is 11.0 Å². The third-order valence-electron chi connectivity index (χ3n) is 2.89. The third-order valence-corrected chi connectivity index (χ3v) is 3.78. The molecule has 2 N–H and O–H groups in total. The Morgan fingerprint density at radius 3 is 2.75 bits per heavy atom. The van der Waals surface area contributed by atoms with E-state index in [9.17, 15) is 0 Å². The lowest BCUT2D eigenvalue weighted by molar-refractivity contribution is 0.425. The molecule has 4 nitrogen and oxygen atoms in total. The summed E-state index contributed by atoms with van der Waals surface area (Å²) in [6, 6.07) is 14.8. The van der Waals surface area contributed by atoms with Crippen LogP contribution in [-0.2, 0) is 5.75 Å². The fourth-order valence-electron chi connectivity index (χ4n) is 1.90. The van der Waals surface area contributed by atoms with E-state index in [1.165, 1.54) is 11.8 Å². The summed E-state index contributed by atoms with van der Waals surface area (Å²) in [7, 11) is -1.44. The van der Waals surface area contributed by atoms with E-state index in [-0.39, 0.29) is 0 Å². The number of fused-ring (bicyclic) bond motifs is 1. The summed E-state index contributed by atoms with van der Waals surface area (Å²) in [5, 5.41) is 18.9. The molecule has 0 fully saturated rings. The molecule has 3 rings (SSSR count). The molecule has 20 heavy (non-hydrogen) atoms. The Balaban J connectivity index is 1.74. The number of para-hydroxylation sites is 2. The normalized spacial score (nSPS) is 10.9. The van der Waals surface area contributed by atoms with Crippen molar-refractivity contribution in [1.29, 1.82) is 0 Å². The molecule has 0 atom stereocenters. The van der Waals surface area contributed by atoms with Gasteiger partial charge in [-0.15, -0.1) is 0 Å². The van der Waals surface area contributed by atoms with Gasteiger partial charge in [0.15, 0.2) is 5.58 Å². The number of oxazole rings is 1. The van der Waals surface area contributed by atoms with Gasteiger partial charge in [-0.2, -0.15) is 0 Å². The number of thioether (sulfide) groups is 1. The molecule has 0 bridgehead atoms. The molecule has 0 radical (unpaired) electrons. The van der Waals surface area contributed by atoms with E-state index in [4.69, 9.17) is 14.5 Å². The van der Waals surface area contributed by atoms with E-state index >= 15 is 0 Å². The van der Waals surface area contributed by atoms with Gasteiger partial charge in [-0.3, -0.25) is 0 Å². The van der Waals surface area contributed by atoms with Crippen LogP contribution in [0.5, 0.6) is 0 Å². The lowest BCUT2D eigenvalue weighted by atomic mass is 9.80. The fraction of sp³-hybridized carbons (Fsp3) is 0.0714. The van der Waals surface area contributed by atoms with Crippen molar-refractivity contribution in [3.8, 4) is 0 Å². The number of hydrogen-bond acceptors (Lipinski definition) is 5. The van der Waals surface area contributed by atoms with Crippen LogP contribution in [0.3, 0.4) is 0 Å². The van der Waals surface area contributed by atoms with Gasteiger partial charge < -0.3 is 14.5 Å². The molecule has 6 heteroatoms. The highest BCUT2D eigenvalue weighted by Crippen LogP contribution is 2.25. The molecule has 0 aliphatic rings. The van der Waals surface area contributed by atoms with E-state index in [1.54, 1.807) is 18.2 Å². The number of benzene rings is 2. The minimum absolute atomic E-state index is 0.487. The molecule has 0 unspecified atom stereocenters. The Morgan fingerprint density at radius 1 is 1.10 bits per heavy atom. The standard InChI is InChI=1S/C14H12BNO3S/c17-15(18)11-5-3-4-10(8-11)9-20-14-16-12-6-1-2-7-13(12)19-14/h1-8,17-18H,9H2. The monoisotopic (exact) mass is 285 g/mol. The summed E-state index contributed by atoms with van der Waals surface area (Å²) in [5.41, 5.74) is 3.09. The van der Waals surface area contributed by atoms with E-state index in [0.29, 0.717) is 16.4 Å². The summed E-state index contributed by atoms with van der Waals surface area (Å²) in [6.45, 7) is 0. The summed E-state index contributed by atoms with van der Waals surface area (Å²) in [5.74, 6) is 0.660. The van der Waals surface area contributed by atoms with Gasteiger partial charge in [-0.1, -0.05) is 48.2 Å². The maximum Gasteiger partial charge on any atom is 0.488 e. The Hall–Kier alpha value is -1.76. The van der Waals surface area contributed by atoms with Crippen molar-refractivity contribution < 1.29 is 14.5 Å². The molecule has 1 aromatic heterocycles. The molecule has 1 heterocycles. The van der Waals surface area contributed by atoms with Crippen molar-refractivity contribution in [3.05, 3.63) is 54.1 Å². The number of nitrogens with zero attached hydrogens (tertiary/aromatic N) is 1. The van der Waals surface area contributed by atoms with Gasteiger partial charge in [0.2, 0.25) is 0 Å². The minimum atomic E-state index is -1.44. The molecular weight excluding hydrogens is 273 g/mol. The molecule has 0 spiro atoms. The van der Waals surface area contributed by atoms with E-state index in [1.807, 2.05) is 30.3 Å². The van der Waals surface area contributed by atoms with Crippen LogP contribution in [0.2, 0.25) is 0 Å². The van der Waals surface area contributed by atoms with Gasteiger partial charge in [0, 0.05) is 5.75 Å². The molecule has 0 aliphatic carbocycles. The highest BCUT2D eigenvalue weighted by Gasteiger charge is 2.11. The smallest absolute Gasteiger partial charge is 0.431 e. The summed E-state index contributed by atoms with van der Waals surface area (Å²) in [4.78, 5) is 4.38. The van der Waals surface area contributed by atoms with Crippen LogP contribution in [0, 0.1) is 0 Å². The lowest BCUT2D eigenvalue weighted by Gasteiger charge is -2.02. The predicted molar refractivity (Wildman–Crippen MR) is 79.8 cm³/mol. The Labute approximate surface area is 120 Å². The molecule has 100 valence electrons. The molecule has 0 saturated heterocycles. The quantitative estimate of drug-likeness (QED) is 0.565. The zero-order valence-electron chi connectivity index (χ0n) is 10.6. The van der Waals surface area contributed by atoms with Crippen LogP contribution < -0.4 is 5.46 Å². The fourth-order valence-corrected chi connectivity index (χ4v) is 2.68. The summed E-state index contributed by atoms with van der Waals surface area (Å²) >= 11 is 1.48. The maximum atomic E-state index is 9.15. The van der Waals surface area contributed by atoms with Crippen LogP contribution in [0.25, 0.3) is 11.1 Å². The molecular formula is C14H12BNO3S.